The molecule has 28 heavy (non-hydrogen) atoms. The number of amides is 1. The van der Waals surface area contributed by atoms with Crippen LogP contribution in [-0.2, 0) is 10.4 Å². The standard InChI is InChI=1S/C23H30N2O3/c1-4-5-16-28-19-11-8-10-18(17-19)23(2)24-21-13-7-6-12-20(21)22(26)25(23)14-9-15-27-3/h6-8,10-13,17,24H,4-5,9,14-16H2,1-3H3. The molecule has 1 amide bonds. The molecule has 1 unspecified atom stereocenters. The van der Waals surface area contributed by atoms with Crippen molar-refractivity contribution in [3.63, 3.8) is 0 Å². The van der Waals surface area contributed by atoms with Crippen LogP contribution in [0.15, 0.2) is 48.5 Å². The molecule has 0 aromatic heterocycles. The topological polar surface area (TPSA) is 50.8 Å². The van der Waals surface area contributed by atoms with Gasteiger partial charge in [-0.2, -0.15) is 0 Å². The summed E-state index contributed by atoms with van der Waals surface area (Å²) >= 11 is 0. The van der Waals surface area contributed by atoms with Crippen LogP contribution in [0.4, 0.5) is 5.69 Å². The van der Waals surface area contributed by atoms with Crippen molar-refractivity contribution in [2.24, 2.45) is 0 Å². The maximum absolute atomic E-state index is 13.3. The van der Waals surface area contributed by atoms with Crippen molar-refractivity contribution in [3.8, 4) is 5.75 Å². The Kier molecular flexibility index (Phi) is 6.57. The van der Waals surface area contributed by atoms with Crippen molar-refractivity contribution in [3.05, 3.63) is 59.7 Å². The lowest BCUT2D eigenvalue weighted by molar-refractivity contribution is 0.0504. The first-order chi connectivity index (χ1) is 13.6. The molecule has 5 nitrogen and oxygen atoms in total. The van der Waals surface area contributed by atoms with Crippen molar-refractivity contribution in [1.82, 2.24) is 4.90 Å². The summed E-state index contributed by atoms with van der Waals surface area (Å²) in [5.74, 6) is 0.863. The van der Waals surface area contributed by atoms with E-state index in [1.165, 1.54) is 0 Å². The van der Waals surface area contributed by atoms with E-state index in [9.17, 15) is 4.79 Å². The molecule has 0 fully saturated rings. The van der Waals surface area contributed by atoms with Gasteiger partial charge in [-0.25, -0.2) is 0 Å². The Morgan fingerprint density at radius 1 is 1.07 bits per heavy atom. The van der Waals surface area contributed by atoms with Crippen LogP contribution in [0.3, 0.4) is 0 Å². The van der Waals surface area contributed by atoms with Crippen molar-refractivity contribution in [2.75, 3.05) is 32.2 Å². The molecule has 1 aliphatic heterocycles. The molecule has 0 bridgehead atoms. The third kappa shape index (κ3) is 4.14. The summed E-state index contributed by atoms with van der Waals surface area (Å²) in [6.45, 7) is 6.11. The number of hydrogen-bond acceptors (Lipinski definition) is 4. The Labute approximate surface area is 167 Å². The first kappa shape index (κ1) is 20.2. The Balaban J connectivity index is 1.95. The lowest BCUT2D eigenvalue weighted by Crippen LogP contribution is -2.56. The molecular weight excluding hydrogens is 352 g/mol. The first-order valence-electron chi connectivity index (χ1n) is 10.0. The summed E-state index contributed by atoms with van der Waals surface area (Å²) < 4.78 is 11.1. The third-order valence-electron chi connectivity index (χ3n) is 5.21. The van der Waals surface area contributed by atoms with Gasteiger partial charge in [0.2, 0.25) is 0 Å². The van der Waals surface area contributed by atoms with Gasteiger partial charge in [0, 0.05) is 31.5 Å². The van der Waals surface area contributed by atoms with E-state index in [4.69, 9.17) is 9.47 Å². The summed E-state index contributed by atoms with van der Waals surface area (Å²) in [7, 11) is 1.68. The second kappa shape index (κ2) is 9.11. The van der Waals surface area contributed by atoms with Gasteiger partial charge in [-0.1, -0.05) is 37.6 Å². The normalized spacial score (nSPS) is 18.5. The fourth-order valence-electron chi connectivity index (χ4n) is 3.60. The van der Waals surface area contributed by atoms with Crippen molar-refractivity contribution in [1.29, 1.82) is 0 Å². The maximum atomic E-state index is 13.3. The minimum atomic E-state index is -0.663. The minimum Gasteiger partial charge on any atom is -0.494 e. The minimum absolute atomic E-state index is 0.0326. The van der Waals surface area contributed by atoms with E-state index >= 15 is 0 Å². The molecule has 0 saturated carbocycles. The van der Waals surface area contributed by atoms with Gasteiger partial charge in [0.25, 0.3) is 5.91 Å². The van der Waals surface area contributed by atoms with E-state index < -0.39 is 5.66 Å². The quantitative estimate of drug-likeness (QED) is 0.642. The van der Waals surface area contributed by atoms with Crippen LogP contribution in [0.2, 0.25) is 0 Å². The van der Waals surface area contributed by atoms with Gasteiger partial charge in [-0.15, -0.1) is 0 Å². The highest BCUT2D eigenvalue weighted by Crippen LogP contribution is 2.38. The number of benzene rings is 2. The molecule has 1 atom stereocenters. The molecule has 0 aliphatic carbocycles. The van der Waals surface area contributed by atoms with Gasteiger partial charge >= 0.3 is 0 Å². The largest absolute Gasteiger partial charge is 0.494 e. The Hall–Kier alpha value is -2.53. The van der Waals surface area contributed by atoms with Crippen molar-refractivity contribution >= 4 is 11.6 Å². The predicted octanol–water partition coefficient (Wildman–Crippen LogP) is 4.64. The van der Waals surface area contributed by atoms with Crippen LogP contribution in [0.5, 0.6) is 5.75 Å². The lowest BCUT2D eigenvalue weighted by Gasteiger charge is -2.47. The molecule has 5 heteroatoms. The van der Waals surface area contributed by atoms with Gasteiger partial charge in [0.15, 0.2) is 0 Å². The van der Waals surface area contributed by atoms with Crippen LogP contribution in [0.25, 0.3) is 0 Å². The summed E-state index contributed by atoms with van der Waals surface area (Å²) in [4.78, 5) is 15.2. The monoisotopic (exact) mass is 382 g/mol. The molecule has 0 saturated heterocycles. The fraction of sp³-hybridized carbons (Fsp3) is 0.435. The van der Waals surface area contributed by atoms with Gasteiger partial charge < -0.3 is 19.7 Å². The molecular formula is C23H30N2O3. The zero-order valence-corrected chi connectivity index (χ0v) is 17.0. The number of hydrogen-bond donors (Lipinski definition) is 1. The van der Waals surface area contributed by atoms with Crippen molar-refractivity contribution in [2.45, 2.75) is 38.8 Å². The predicted molar refractivity (Wildman–Crippen MR) is 112 cm³/mol. The third-order valence-corrected chi connectivity index (χ3v) is 5.21. The highest BCUT2D eigenvalue weighted by Gasteiger charge is 2.42. The highest BCUT2D eigenvalue weighted by molar-refractivity contribution is 6.02. The number of carbonyl (C=O) groups excluding carboxylic acids is 1. The molecule has 0 spiro atoms. The van der Waals surface area contributed by atoms with Crippen LogP contribution >= 0.6 is 0 Å². The Bertz CT molecular complexity index is 808. The maximum Gasteiger partial charge on any atom is 0.258 e. The molecule has 3 rings (SSSR count). The Morgan fingerprint density at radius 3 is 2.68 bits per heavy atom. The number of fused-ring (bicyclic) bond motifs is 1. The van der Waals surface area contributed by atoms with E-state index in [-0.39, 0.29) is 5.91 Å². The molecule has 2 aromatic carbocycles. The van der Waals surface area contributed by atoms with Gasteiger partial charge in [0.1, 0.15) is 11.4 Å². The van der Waals surface area contributed by atoms with E-state index in [1.807, 2.05) is 53.4 Å². The smallest absolute Gasteiger partial charge is 0.258 e. The summed E-state index contributed by atoms with van der Waals surface area (Å²) in [6, 6.07) is 15.7. The fourth-order valence-corrected chi connectivity index (χ4v) is 3.60. The molecule has 150 valence electrons. The molecule has 1 heterocycles. The van der Waals surface area contributed by atoms with E-state index in [0.717, 1.165) is 36.3 Å². The van der Waals surface area contributed by atoms with Crippen LogP contribution in [-0.4, -0.2) is 37.7 Å². The summed E-state index contributed by atoms with van der Waals surface area (Å²) in [5.41, 5.74) is 1.90. The zero-order chi connectivity index (χ0) is 20.0. The second-order valence-electron chi connectivity index (χ2n) is 7.28. The molecule has 1 N–H and O–H groups in total. The van der Waals surface area contributed by atoms with Gasteiger partial charge in [-0.05, 0) is 44.0 Å². The number of nitrogens with one attached hydrogen (secondary N) is 1. The number of para-hydroxylation sites is 1. The average molecular weight is 383 g/mol. The molecule has 0 radical (unpaired) electrons. The van der Waals surface area contributed by atoms with E-state index in [0.29, 0.717) is 25.3 Å². The van der Waals surface area contributed by atoms with Gasteiger partial charge in [-0.3, -0.25) is 4.79 Å². The SMILES string of the molecule is CCCCOc1cccc(C2(C)Nc3ccccc3C(=O)N2CCCOC)c1. The molecule has 2 aromatic rings. The number of carbonyl (C=O) groups is 1. The first-order valence-corrected chi connectivity index (χ1v) is 10.0. The second-order valence-corrected chi connectivity index (χ2v) is 7.28. The number of ether oxygens (including phenoxy) is 2. The highest BCUT2D eigenvalue weighted by atomic mass is 16.5. The van der Waals surface area contributed by atoms with Crippen LogP contribution < -0.4 is 10.1 Å². The number of unbranched alkanes of at least 4 members (excludes halogenated alkanes) is 1. The van der Waals surface area contributed by atoms with E-state index in [1.54, 1.807) is 7.11 Å². The lowest BCUT2D eigenvalue weighted by atomic mass is 9.93. The van der Waals surface area contributed by atoms with Crippen molar-refractivity contribution < 1.29 is 14.3 Å². The summed E-state index contributed by atoms with van der Waals surface area (Å²) in [5, 5.41) is 3.60. The number of nitrogens with zero attached hydrogens (tertiary/aromatic N) is 1. The average Bonchev–Trinajstić information content (AvgIpc) is 2.71. The van der Waals surface area contributed by atoms with E-state index in [2.05, 4.69) is 19.2 Å². The Morgan fingerprint density at radius 2 is 1.89 bits per heavy atom. The molecule has 1 aliphatic rings. The van der Waals surface area contributed by atoms with Gasteiger partial charge in [0.05, 0.1) is 12.2 Å². The van der Waals surface area contributed by atoms with Crippen LogP contribution in [0.1, 0.15) is 49.0 Å². The number of rotatable bonds is 9. The zero-order valence-electron chi connectivity index (χ0n) is 17.0. The summed E-state index contributed by atoms with van der Waals surface area (Å²) in [6.07, 6.45) is 2.89. The van der Waals surface area contributed by atoms with Crippen LogP contribution in [0, 0.1) is 0 Å². The number of methoxy groups -OCH3 is 1. The number of anilines is 1.